The van der Waals surface area contributed by atoms with E-state index in [9.17, 15) is 4.79 Å². The first-order chi connectivity index (χ1) is 14.0. The molecule has 146 valence electrons. The summed E-state index contributed by atoms with van der Waals surface area (Å²) in [4.78, 5) is 18.3. The normalized spacial score (nSPS) is 10.7. The van der Waals surface area contributed by atoms with E-state index in [1.165, 1.54) is 17.7 Å². The maximum Gasteiger partial charge on any atom is 0.257 e. The van der Waals surface area contributed by atoms with Gasteiger partial charge in [-0.2, -0.15) is 0 Å². The summed E-state index contributed by atoms with van der Waals surface area (Å²) >= 11 is 1.44. The molecule has 2 aromatic carbocycles. The fourth-order valence-electron chi connectivity index (χ4n) is 2.96. The second-order valence-corrected chi connectivity index (χ2v) is 7.57. The van der Waals surface area contributed by atoms with Crippen LogP contribution >= 0.6 is 11.3 Å². The topological polar surface area (TPSA) is 94.8 Å². The van der Waals surface area contributed by atoms with Gasteiger partial charge in [-0.05, 0) is 72.3 Å². The van der Waals surface area contributed by atoms with Crippen LogP contribution < -0.4 is 10.1 Å². The Morgan fingerprint density at radius 3 is 2.59 bits per heavy atom. The van der Waals surface area contributed by atoms with Crippen LogP contribution in [0.4, 0.5) is 5.13 Å². The van der Waals surface area contributed by atoms with Crippen LogP contribution in [0.5, 0.6) is 5.75 Å². The molecule has 4 rings (SSSR count). The van der Waals surface area contributed by atoms with Crippen LogP contribution in [0.25, 0.3) is 16.9 Å². The van der Waals surface area contributed by atoms with Crippen molar-refractivity contribution < 1.29 is 9.53 Å². The SMILES string of the molecule is COc1ccc(-c2nc(NC(=O)c3ccc(-n4cnnn4)c(C)c3)sc2C)cc1. The quantitative estimate of drug-likeness (QED) is 0.543. The molecule has 0 aliphatic rings. The number of ether oxygens (including phenoxy) is 1. The van der Waals surface area contributed by atoms with Crippen molar-refractivity contribution in [1.82, 2.24) is 25.2 Å². The number of nitrogens with zero attached hydrogens (tertiary/aromatic N) is 5. The molecule has 4 aromatic rings. The smallest absolute Gasteiger partial charge is 0.257 e. The van der Waals surface area contributed by atoms with E-state index < -0.39 is 0 Å². The van der Waals surface area contributed by atoms with E-state index in [-0.39, 0.29) is 5.91 Å². The average molecular weight is 406 g/mol. The number of rotatable bonds is 5. The van der Waals surface area contributed by atoms with Gasteiger partial charge in [0.1, 0.15) is 12.1 Å². The maximum absolute atomic E-state index is 12.7. The number of aromatic nitrogens is 5. The second kappa shape index (κ2) is 7.80. The van der Waals surface area contributed by atoms with Crippen molar-refractivity contribution in [3.63, 3.8) is 0 Å². The van der Waals surface area contributed by atoms with Gasteiger partial charge in [-0.15, -0.1) is 16.4 Å². The predicted molar refractivity (Wildman–Crippen MR) is 111 cm³/mol. The standard InChI is InChI=1S/C20H18N6O2S/c1-12-10-15(6-9-17(12)26-11-21-24-25-26)19(27)23-20-22-18(13(2)29-20)14-4-7-16(28-3)8-5-14/h4-11H,1-3H3,(H,22,23,27). The number of tetrazole rings is 1. The number of aryl methyl sites for hydroxylation is 2. The lowest BCUT2D eigenvalue weighted by molar-refractivity contribution is 0.102. The van der Waals surface area contributed by atoms with Crippen molar-refractivity contribution in [3.05, 3.63) is 64.8 Å². The minimum Gasteiger partial charge on any atom is -0.497 e. The lowest BCUT2D eigenvalue weighted by atomic mass is 10.1. The summed E-state index contributed by atoms with van der Waals surface area (Å²) in [5, 5.41) is 14.6. The van der Waals surface area contributed by atoms with Gasteiger partial charge >= 0.3 is 0 Å². The van der Waals surface area contributed by atoms with Crippen LogP contribution in [0.1, 0.15) is 20.8 Å². The molecule has 2 heterocycles. The van der Waals surface area contributed by atoms with Crippen LogP contribution in [0.2, 0.25) is 0 Å². The van der Waals surface area contributed by atoms with Gasteiger partial charge in [-0.25, -0.2) is 9.67 Å². The first kappa shape index (κ1) is 18.8. The summed E-state index contributed by atoms with van der Waals surface area (Å²) in [5.74, 6) is 0.571. The molecular weight excluding hydrogens is 388 g/mol. The molecule has 0 fully saturated rings. The van der Waals surface area contributed by atoms with E-state index in [4.69, 9.17) is 4.74 Å². The van der Waals surface area contributed by atoms with E-state index in [0.29, 0.717) is 10.7 Å². The summed E-state index contributed by atoms with van der Waals surface area (Å²) in [6.45, 7) is 3.89. The van der Waals surface area contributed by atoms with E-state index in [2.05, 4.69) is 25.8 Å². The third-order valence-corrected chi connectivity index (χ3v) is 5.32. The number of thiazole rings is 1. The van der Waals surface area contributed by atoms with Crippen molar-refractivity contribution in [1.29, 1.82) is 0 Å². The Kier molecular flexibility index (Phi) is 5.05. The van der Waals surface area contributed by atoms with Crippen molar-refractivity contribution in [2.45, 2.75) is 13.8 Å². The first-order valence-corrected chi connectivity index (χ1v) is 9.64. The summed E-state index contributed by atoms with van der Waals surface area (Å²) in [7, 11) is 1.63. The molecule has 1 amide bonds. The third-order valence-electron chi connectivity index (χ3n) is 4.44. The van der Waals surface area contributed by atoms with E-state index in [0.717, 1.165) is 33.1 Å². The van der Waals surface area contributed by atoms with Crippen LogP contribution in [0.3, 0.4) is 0 Å². The van der Waals surface area contributed by atoms with Crippen LogP contribution in [0, 0.1) is 13.8 Å². The van der Waals surface area contributed by atoms with Gasteiger partial charge < -0.3 is 4.74 Å². The number of amides is 1. The molecule has 0 aliphatic carbocycles. The summed E-state index contributed by atoms with van der Waals surface area (Å²) in [6.07, 6.45) is 1.52. The van der Waals surface area contributed by atoms with Gasteiger partial charge in [-0.3, -0.25) is 10.1 Å². The Labute approximate surface area is 171 Å². The molecule has 1 N–H and O–H groups in total. The van der Waals surface area contributed by atoms with E-state index in [1.54, 1.807) is 23.9 Å². The molecule has 0 bridgehead atoms. The van der Waals surface area contributed by atoms with Gasteiger partial charge in [0.25, 0.3) is 5.91 Å². The average Bonchev–Trinajstić information content (AvgIpc) is 3.38. The van der Waals surface area contributed by atoms with Gasteiger partial charge in [0.2, 0.25) is 0 Å². The van der Waals surface area contributed by atoms with Gasteiger partial charge in [-0.1, -0.05) is 0 Å². The summed E-state index contributed by atoms with van der Waals surface area (Å²) in [5.41, 5.74) is 4.07. The highest BCUT2D eigenvalue weighted by molar-refractivity contribution is 7.16. The molecule has 29 heavy (non-hydrogen) atoms. The van der Waals surface area contributed by atoms with Gasteiger partial charge in [0.15, 0.2) is 5.13 Å². The second-order valence-electron chi connectivity index (χ2n) is 6.36. The minimum absolute atomic E-state index is 0.216. The van der Waals surface area contributed by atoms with E-state index in [1.807, 2.05) is 44.2 Å². The molecule has 2 aromatic heterocycles. The highest BCUT2D eigenvalue weighted by Gasteiger charge is 2.14. The molecule has 8 nitrogen and oxygen atoms in total. The Morgan fingerprint density at radius 2 is 1.93 bits per heavy atom. The van der Waals surface area contributed by atoms with Crippen LogP contribution in [-0.4, -0.2) is 38.2 Å². The fourth-order valence-corrected chi connectivity index (χ4v) is 3.79. The van der Waals surface area contributed by atoms with Crippen LogP contribution in [0.15, 0.2) is 48.8 Å². The summed E-state index contributed by atoms with van der Waals surface area (Å²) < 4.78 is 6.75. The first-order valence-electron chi connectivity index (χ1n) is 8.82. The Bertz CT molecular complexity index is 1150. The molecule has 0 saturated carbocycles. The molecule has 0 atom stereocenters. The van der Waals surface area contributed by atoms with Crippen LogP contribution in [-0.2, 0) is 0 Å². The Balaban J connectivity index is 1.53. The number of benzene rings is 2. The van der Waals surface area contributed by atoms with Gasteiger partial charge in [0.05, 0.1) is 18.5 Å². The Morgan fingerprint density at radius 1 is 1.14 bits per heavy atom. The zero-order valence-electron chi connectivity index (χ0n) is 16.1. The van der Waals surface area contributed by atoms with Crippen molar-refractivity contribution in [2.24, 2.45) is 0 Å². The van der Waals surface area contributed by atoms with Gasteiger partial charge in [0, 0.05) is 16.0 Å². The molecule has 0 saturated heterocycles. The number of carbonyl (C=O) groups excluding carboxylic acids is 1. The zero-order valence-corrected chi connectivity index (χ0v) is 16.9. The molecule has 0 unspecified atom stereocenters. The molecule has 0 aliphatic heterocycles. The van der Waals surface area contributed by atoms with Crippen molar-refractivity contribution in [3.8, 4) is 22.7 Å². The largest absolute Gasteiger partial charge is 0.497 e. The van der Waals surface area contributed by atoms with Crippen molar-refractivity contribution in [2.75, 3.05) is 12.4 Å². The number of nitrogens with one attached hydrogen (secondary N) is 1. The number of carbonyl (C=O) groups is 1. The lowest BCUT2D eigenvalue weighted by Gasteiger charge is -2.07. The number of anilines is 1. The molecular formula is C20H18N6O2S. The number of hydrogen-bond donors (Lipinski definition) is 1. The highest BCUT2D eigenvalue weighted by Crippen LogP contribution is 2.31. The minimum atomic E-state index is -0.216. The third kappa shape index (κ3) is 3.85. The monoisotopic (exact) mass is 406 g/mol. The van der Waals surface area contributed by atoms with Crippen molar-refractivity contribution >= 4 is 22.4 Å². The Hall–Kier alpha value is -3.59. The highest BCUT2D eigenvalue weighted by atomic mass is 32.1. The molecule has 0 radical (unpaired) electrons. The predicted octanol–water partition coefficient (Wildman–Crippen LogP) is 3.66. The number of methoxy groups -OCH3 is 1. The maximum atomic E-state index is 12.7. The zero-order chi connectivity index (χ0) is 20.4. The lowest BCUT2D eigenvalue weighted by Crippen LogP contribution is -2.12. The fraction of sp³-hybridized carbons (Fsp3) is 0.150. The number of hydrogen-bond acceptors (Lipinski definition) is 7. The molecule has 9 heteroatoms. The van der Waals surface area contributed by atoms with E-state index >= 15 is 0 Å². The molecule has 0 spiro atoms. The summed E-state index contributed by atoms with van der Waals surface area (Å²) in [6, 6.07) is 13.0.